The molecule has 0 radical (unpaired) electrons. The summed E-state index contributed by atoms with van der Waals surface area (Å²) in [5, 5.41) is 1.17. The van der Waals surface area contributed by atoms with Crippen LogP contribution in [0.25, 0.3) is 0 Å². The summed E-state index contributed by atoms with van der Waals surface area (Å²) in [6.07, 6.45) is 5.05. The van der Waals surface area contributed by atoms with Crippen LogP contribution in [-0.4, -0.2) is 29.3 Å². The van der Waals surface area contributed by atoms with Crippen LogP contribution in [0.2, 0.25) is 0 Å². The number of thioether (sulfide) groups is 2. The molecule has 2 nitrogen and oxygen atoms in total. The zero-order chi connectivity index (χ0) is 14.4. The molecule has 0 N–H and O–H groups in total. The van der Waals surface area contributed by atoms with Crippen molar-refractivity contribution in [2.75, 3.05) is 12.9 Å². The van der Waals surface area contributed by atoms with Gasteiger partial charge in [0.15, 0.2) is 0 Å². The fourth-order valence-corrected chi connectivity index (χ4v) is 5.34. The van der Waals surface area contributed by atoms with Gasteiger partial charge < -0.3 is 4.74 Å². The average Bonchev–Trinajstić information content (AvgIpc) is 2.48. The van der Waals surface area contributed by atoms with E-state index in [0.717, 1.165) is 0 Å². The van der Waals surface area contributed by atoms with Crippen molar-refractivity contribution in [3.8, 4) is 0 Å². The summed E-state index contributed by atoms with van der Waals surface area (Å²) in [5.74, 6) is 0.367. The first kappa shape index (κ1) is 15.8. The average molecular weight is 310 g/mol. The Morgan fingerprint density at radius 1 is 1.25 bits per heavy atom. The molecule has 0 aliphatic heterocycles. The summed E-state index contributed by atoms with van der Waals surface area (Å²) in [4.78, 5) is 12.7. The summed E-state index contributed by atoms with van der Waals surface area (Å²) in [7, 11) is 1.46. The predicted molar refractivity (Wildman–Crippen MR) is 87.6 cm³/mol. The number of methoxy groups -OCH3 is 1. The lowest BCUT2D eigenvalue weighted by atomic mass is 10.00. The standard InChI is InChI=1S/C16H22O2S2/c1-12-7-3-4-8-13(12)20-15-10-6-5-9-14(15)19-11-16(17)18-2/h3-4,7-8,14-15H,5-6,9-11H2,1-2H3/t14-,15-/m1/s1. The molecule has 1 fully saturated rings. The summed E-state index contributed by atoms with van der Waals surface area (Å²) in [6.45, 7) is 2.17. The number of ether oxygens (including phenoxy) is 1. The molecule has 2 atom stereocenters. The van der Waals surface area contributed by atoms with E-state index in [-0.39, 0.29) is 5.97 Å². The van der Waals surface area contributed by atoms with E-state index >= 15 is 0 Å². The first-order chi connectivity index (χ1) is 9.70. The molecule has 1 saturated carbocycles. The van der Waals surface area contributed by atoms with Gasteiger partial charge >= 0.3 is 5.97 Å². The summed E-state index contributed by atoms with van der Waals surface area (Å²) in [6, 6.07) is 8.57. The van der Waals surface area contributed by atoms with Crippen LogP contribution in [0.15, 0.2) is 29.2 Å². The molecule has 0 saturated heterocycles. The molecule has 1 aromatic rings. The van der Waals surface area contributed by atoms with Gasteiger partial charge in [-0.15, -0.1) is 23.5 Å². The van der Waals surface area contributed by atoms with E-state index in [0.29, 0.717) is 16.3 Å². The van der Waals surface area contributed by atoms with E-state index in [1.54, 1.807) is 11.8 Å². The van der Waals surface area contributed by atoms with Gasteiger partial charge in [-0.3, -0.25) is 4.79 Å². The van der Waals surface area contributed by atoms with Crippen LogP contribution in [0, 0.1) is 6.92 Å². The molecule has 4 heteroatoms. The Morgan fingerprint density at radius 2 is 1.95 bits per heavy atom. The van der Waals surface area contributed by atoms with Gasteiger partial charge in [0, 0.05) is 15.4 Å². The zero-order valence-electron chi connectivity index (χ0n) is 12.1. The second kappa shape index (κ2) is 7.99. The molecule has 0 bridgehead atoms. The maximum atomic E-state index is 11.3. The van der Waals surface area contributed by atoms with Crippen molar-refractivity contribution >= 4 is 29.5 Å². The van der Waals surface area contributed by atoms with E-state index in [2.05, 4.69) is 31.2 Å². The van der Waals surface area contributed by atoms with Crippen molar-refractivity contribution in [3.63, 3.8) is 0 Å². The lowest BCUT2D eigenvalue weighted by molar-refractivity contribution is -0.137. The number of esters is 1. The van der Waals surface area contributed by atoms with Crippen LogP contribution in [0.5, 0.6) is 0 Å². The predicted octanol–water partition coefficient (Wildman–Crippen LogP) is 4.30. The highest BCUT2D eigenvalue weighted by Crippen LogP contribution is 2.40. The number of aryl methyl sites for hydroxylation is 1. The Hall–Kier alpha value is -0.610. The van der Waals surface area contributed by atoms with Crippen LogP contribution in [0.3, 0.4) is 0 Å². The molecule has 0 unspecified atom stereocenters. The molecule has 2 rings (SSSR count). The van der Waals surface area contributed by atoms with Gasteiger partial charge in [-0.05, 0) is 31.4 Å². The number of hydrogen-bond acceptors (Lipinski definition) is 4. The van der Waals surface area contributed by atoms with Gasteiger partial charge in [0.25, 0.3) is 0 Å². The van der Waals surface area contributed by atoms with Crippen LogP contribution < -0.4 is 0 Å². The van der Waals surface area contributed by atoms with E-state index in [4.69, 9.17) is 4.74 Å². The van der Waals surface area contributed by atoms with Gasteiger partial charge in [0.1, 0.15) is 0 Å². The van der Waals surface area contributed by atoms with Gasteiger partial charge in [-0.1, -0.05) is 31.0 Å². The highest BCUT2D eigenvalue weighted by Gasteiger charge is 2.27. The highest BCUT2D eigenvalue weighted by molar-refractivity contribution is 8.04. The number of carbonyl (C=O) groups excluding carboxylic acids is 1. The van der Waals surface area contributed by atoms with Crippen molar-refractivity contribution in [3.05, 3.63) is 29.8 Å². The zero-order valence-corrected chi connectivity index (χ0v) is 13.8. The van der Waals surface area contributed by atoms with Crippen molar-refractivity contribution in [2.45, 2.75) is 48.0 Å². The molecule has 0 spiro atoms. The topological polar surface area (TPSA) is 26.3 Å². The lowest BCUT2D eigenvalue weighted by Crippen LogP contribution is -2.26. The van der Waals surface area contributed by atoms with Crippen LogP contribution in [0.1, 0.15) is 31.2 Å². The molecule has 1 aliphatic rings. The monoisotopic (exact) mass is 310 g/mol. The lowest BCUT2D eigenvalue weighted by Gasteiger charge is -2.30. The largest absolute Gasteiger partial charge is 0.468 e. The van der Waals surface area contributed by atoms with Gasteiger partial charge in [0.2, 0.25) is 0 Å². The molecule has 1 aromatic carbocycles. The quantitative estimate of drug-likeness (QED) is 0.757. The number of rotatable bonds is 5. The van der Waals surface area contributed by atoms with Gasteiger partial charge in [0.05, 0.1) is 12.9 Å². The fourth-order valence-electron chi connectivity index (χ4n) is 2.47. The third-order valence-electron chi connectivity index (χ3n) is 3.66. The Morgan fingerprint density at radius 3 is 2.65 bits per heavy atom. The molecule has 0 aromatic heterocycles. The number of hydrogen-bond donors (Lipinski definition) is 0. The molecule has 20 heavy (non-hydrogen) atoms. The van der Waals surface area contributed by atoms with Crippen LogP contribution >= 0.6 is 23.5 Å². The first-order valence-corrected chi connectivity index (χ1v) is 9.04. The van der Waals surface area contributed by atoms with Crippen molar-refractivity contribution in [2.24, 2.45) is 0 Å². The van der Waals surface area contributed by atoms with Crippen molar-refractivity contribution in [1.82, 2.24) is 0 Å². The van der Waals surface area contributed by atoms with E-state index in [9.17, 15) is 4.79 Å². The molecule has 0 heterocycles. The highest BCUT2D eigenvalue weighted by atomic mass is 32.2. The maximum Gasteiger partial charge on any atom is 0.315 e. The fraction of sp³-hybridized carbons (Fsp3) is 0.562. The third kappa shape index (κ3) is 4.45. The van der Waals surface area contributed by atoms with E-state index in [1.807, 2.05) is 11.8 Å². The second-order valence-corrected chi connectivity index (χ2v) is 7.64. The second-order valence-electron chi connectivity index (χ2n) is 5.13. The normalized spacial score (nSPS) is 22.5. The van der Waals surface area contributed by atoms with Crippen molar-refractivity contribution in [1.29, 1.82) is 0 Å². The molecular formula is C16H22O2S2. The van der Waals surface area contributed by atoms with E-state index < -0.39 is 0 Å². The molecule has 0 amide bonds. The van der Waals surface area contributed by atoms with Crippen LogP contribution in [0.4, 0.5) is 0 Å². The number of carbonyl (C=O) groups is 1. The minimum absolute atomic E-state index is 0.111. The minimum Gasteiger partial charge on any atom is -0.468 e. The summed E-state index contributed by atoms with van der Waals surface area (Å²) >= 11 is 3.75. The van der Waals surface area contributed by atoms with E-state index in [1.165, 1.54) is 43.3 Å². The molecule has 110 valence electrons. The Bertz CT molecular complexity index is 448. The van der Waals surface area contributed by atoms with Crippen LogP contribution in [-0.2, 0) is 9.53 Å². The minimum atomic E-state index is -0.111. The Balaban J connectivity index is 1.96. The summed E-state index contributed by atoms with van der Waals surface area (Å²) < 4.78 is 4.75. The van der Waals surface area contributed by atoms with Gasteiger partial charge in [-0.2, -0.15) is 0 Å². The van der Waals surface area contributed by atoms with Gasteiger partial charge in [-0.25, -0.2) is 0 Å². The summed E-state index contributed by atoms with van der Waals surface area (Å²) in [5.41, 5.74) is 1.35. The van der Waals surface area contributed by atoms with Crippen molar-refractivity contribution < 1.29 is 9.53 Å². The maximum absolute atomic E-state index is 11.3. The smallest absolute Gasteiger partial charge is 0.315 e. The molecular weight excluding hydrogens is 288 g/mol. The first-order valence-electron chi connectivity index (χ1n) is 7.11. The SMILES string of the molecule is COC(=O)CS[C@@H]1CCCC[C@H]1Sc1ccccc1C. The Labute approximate surface area is 130 Å². The molecule has 1 aliphatic carbocycles. The Kier molecular flexibility index (Phi) is 6.30. The third-order valence-corrected chi connectivity index (χ3v) is 6.80. The number of benzene rings is 1.